The van der Waals surface area contributed by atoms with E-state index in [4.69, 9.17) is 10.8 Å². The lowest BCUT2D eigenvalue weighted by Crippen LogP contribution is -1.90. The van der Waals surface area contributed by atoms with E-state index in [1.807, 2.05) is 0 Å². The van der Waals surface area contributed by atoms with Gasteiger partial charge in [-0.1, -0.05) is 12.1 Å². The molecule has 11 heavy (non-hydrogen) atoms. The predicted octanol–water partition coefficient (Wildman–Crippen LogP) is 0.690. The molecule has 0 atom stereocenters. The molecule has 0 saturated heterocycles. The quantitative estimate of drug-likeness (QED) is 0.461. The summed E-state index contributed by atoms with van der Waals surface area (Å²) in [4.78, 5) is 10.1. The van der Waals surface area contributed by atoms with Gasteiger partial charge < -0.3 is 10.8 Å². The van der Waals surface area contributed by atoms with Crippen LogP contribution in [0.4, 0.5) is 5.69 Å². The van der Waals surface area contributed by atoms with E-state index >= 15 is 0 Å². The Labute approximate surface area is 65.5 Å². The van der Waals surface area contributed by atoms with E-state index in [1.54, 1.807) is 24.3 Å². The second-order valence-electron chi connectivity index (χ2n) is 1.75. The molecule has 0 aliphatic rings. The van der Waals surface area contributed by atoms with E-state index in [0.29, 0.717) is 11.3 Å². The van der Waals surface area contributed by atoms with Crippen molar-refractivity contribution in [1.82, 2.24) is 0 Å². The molecule has 0 spiro atoms. The molecule has 1 rings (SSSR count). The van der Waals surface area contributed by atoms with Crippen LogP contribution in [0.15, 0.2) is 24.3 Å². The summed E-state index contributed by atoms with van der Waals surface area (Å²) in [5.74, 6) is 0. The van der Waals surface area contributed by atoms with Crippen LogP contribution in [0.25, 0.3) is 0 Å². The van der Waals surface area contributed by atoms with E-state index in [9.17, 15) is 4.79 Å². The van der Waals surface area contributed by atoms with Crippen molar-refractivity contribution in [3.63, 3.8) is 0 Å². The highest BCUT2D eigenvalue weighted by Gasteiger charge is 1.90. The molecular formula is C8H11NO2. The first-order valence-electron chi connectivity index (χ1n) is 3.09. The molecule has 0 heterocycles. The van der Waals surface area contributed by atoms with Crippen LogP contribution in [-0.2, 0) is 0 Å². The Morgan fingerprint density at radius 1 is 1.36 bits per heavy atom. The minimum Gasteiger partial charge on any atom is -0.400 e. The standard InChI is InChI=1S/C7H7NO.CH4O/c8-7-4-2-1-3-6(7)5-9;1-2/h1-5H,8H2;2H,1H3. The van der Waals surface area contributed by atoms with E-state index < -0.39 is 0 Å². The number of nitrogens with two attached hydrogens (primary N) is 1. The number of para-hydroxylation sites is 1. The van der Waals surface area contributed by atoms with Crippen molar-refractivity contribution in [2.24, 2.45) is 0 Å². The lowest BCUT2D eigenvalue weighted by Gasteiger charge is -1.92. The first kappa shape index (κ1) is 9.65. The highest BCUT2D eigenvalue weighted by molar-refractivity contribution is 5.82. The third-order valence-corrected chi connectivity index (χ3v) is 1.12. The van der Waals surface area contributed by atoms with Crippen molar-refractivity contribution in [1.29, 1.82) is 0 Å². The maximum absolute atomic E-state index is 10.1. The molecule has 1 aromatic rings. The molecule has 0 saturated carbocycles. The van der Waals surface area contributed by atoms with Crippen molar-refractivity contribution in [2.75, 3.05) is 12.8 Å². The summed E-state index contributed by atoms with van der Waals surface area (Å²) < 4.78 is 0. The van der Waals surface area contributed by atoms with Gasteiger partial charge in [0.15, 0.2) is 6.29 Å². The van der Waals surface area contributed by atoms with Gasteiger partial charge in [0.25, 0.3) is 0 Å². The molecule has 0 fully saturated rings. The normalized spacial score (nSPS) is 7.82. The summed E-state index contributed by atoms with van der Waals surface area (Å²) in [5, 5.41) is 7.00. The lowest BCUT2D eigenvalue weighted by atomic mass is 10.2. The van der Waals surface area contributed by atoms with Gasteiger partial charge in [0.1, 0.15) is 0 Å². The molecule has 0 radical (unpaired) electrons. The van der Waals surface area contributed by atoms with Crippen molar-refractivity contribution in [2.45, 2.75) is 0 Å². The molecule has 3 N–H and O–H groups in total. The molecule has 0 amide bonds. The largest absolute Gasteiger partial charge is 0.400 e. The first-order valence-corrected chi connectivity index (χ1v) is 3.09. The third kappa shape index (κ3) is 2.82. The van der Waals surface area contributed by atoms with E-state index in [1.165, 1.54) is 0 Å². The smallest absolute Gasteiger partial charge is 0.152 e. The average molecular weight is 153 g/mol. The molecule has 1 aromatic carbocycles. The monoisotopic (exact) mass is 153 g/mol. The van der Waals surface area contributed by atoms with Crippen LogP contribution in [0, 0.1) is 0 Å². The first-order chi connectivity index (χ1) is 5.34. The van der Waals surface area contributed by atoms with Gasteiger partial charge in [0.2, 0.25) is 0 Å². The zero-order chi connectivity index (χ0) is 8.69. The average Bonchev–Trinajstić information content (AvgIpc) is 2.09. The van der Waals surface area contributed by atoms with Gasteiger partial charge in [-0.3, -0.25) is 4.79 Å². The lowest BCUT2D eigenvalue weighted by molar-refractivity contribution is 0.112. The number of anilines is 1. The van der Waals surface area contributed by atoms with Crippen molar-refractivity contribution in [3.05, 3.63) is 29.8 Å². The van der Waals surface area contributed by atoms with Crippen molar-refractivity contribution >= 4 is 12.0 Å². The Balaban J connectivity index is 0.000000461. The summed E-state index contributed by atoms with van der Waals surface area (Å²) >= 11 is 0. The number of nitrogen functional groups attached to an aromatic ring is 1. The number of aldehydes is 1. The zero-order valence-electron chi connectivity index (χ0n) is 6.32. The maximum Gasteiger partial charge on any atom is 0.152 e. The van der Waals surface area contributed by atoms with Gasteiger partial charge in [-0.2, -0.15) is 0 Å². The molecule has 0 bridgehead atoms. The van der Waals surface area contributed by atoms with Gasteiger partial charge in [-0.15, -0.1) is 0 Å². The molecule has 0 unspecified atom stereocenters. The number of hydrogen-bond donors (Lipinski definition) is 2. The van der Waals surface area contributed by atoms with Crippen LogP contribution in [0.5, 0.6) is 0 Å². The number of hydrogen-bond acceptors (Lipinski definition) is 3. The zero-order valence-corrected chi connectivity index (χ0v) is 6.32. The predicted molar refractivity (Wildman–Crippen MR) is 44.4 cm³/mol. The topological polar surface area (TPSA) is 63.3 Å². The molecule has 60 valence electrons. The highest BCUT2D eigenvalue weighted by Crippen LogP contribution is 2.05. The number of carbonyl (C=O) groups is 1. The molecular weight excluding hydrogens is 142 g/mol. The van der Waals surface area contributed by atoms with Gasteiger partial charge in [0.05, 0.1) is 0 Å². The number of rotatable bonds is 1. The SMILES string of the molecule is CO.Nc1ccccc1C=O. The molecule has 0 aliphatic carbocycles. The Morgan fingerprint density at radius 3 is 2.27 bits per heavy atom. The molecule has 3 heteroatoms. The van der Waals surface area contributed by atoms with Crippen LogP contribution in [0.1, 0.15) is 10.4 Å². The fraction of sp³-hybridized carbons (Fsp3) is 0.125. The Morgan fingerprint density at radius 2 is 1.91 bits per heavy atom. The van der Waals surface area contributed by atoms with Gasteiger partial charge in [-0.05, 0) is 12.1 Å². The van der Waals surface area contributed by atoms with Gasteiger partial charge in [0, 0.05) is 18.4 Å². The van der Waals surface area contributed by atoms with Crippen LogP contribution < -0.4 is 5.73 Å². The minimum atomic E-state index is 0.535. The van der Waals surface area contributed by atoms with Crippen LogP contribution in [0.3, 0.4) is 0 Å². The second-order valence-corrected chi connectivity index (χ2v) is 1.75. The molecule has 0 aliphatic heterocycles. The molecule has 3 nitrogen and oxygen atoms in total. The maximum atomic E-state index is 10.1. The Hall–Kier alpha value is -1.35. The number of benzene rings is 1. The van der Waals surface area contributed by atoms with Crippen LogP contribution in [-0.4, -0.2) is 18.5 Å². The number of aliphatic hydroxyl groups excluding tert-OH is 1. The van der Waals surface area contributed by atoms with E-state index in [0.717, 1.165) is 13.4 Å². The van der Waals surface area contributed by atoms with Gasteiger partial charge in [-0.25, -0.2) is 0 Å². The fourth-order valence-electron chi connectivity index (χ4n) is 0.618. The Bertz CT molecular complexity index is 223. The summed E-state index contributed by atoms with van der Waals surface area (Å²) in [6.45, 7) is 0. The van der Waals surface area contributed by atoms with Crippen molar-refractivity contribution < 1.29 is 9.90 Å². The van der Waals surface area contributed by atoms with E-state index in [2.05, 4.69) is 0 Å². The number of aliphatic hydroxyl groups is 1. The van der Waals surface area contributed by atoms with Crippen molar-refractivity contribution in [3.8, 4) is 0 Å². The van der Waals surface area contributed by atoms with Crippen LogP contribution >= 0.6 is 0 Å². The number of carbonyl (C=O) groups excluding carboxylic acids is 1. The minimum absolute atomic E-state index is 0.535. The summed E-state index contributed by atoms with van der Waals surface area (Å²) in [6, 6.07) is 6.95. The second kappa shape index (κ2) is 5.44. The summed E-state index contributed by atoms with van der Waals surface area (Å²) in [5.41, 5.74) is 6.49. The summed E-state index contributed by atoms with van der Waals surface area (Å²) in [7, 11) is 1.00. The highest BCUT2D eigenvalue weighted by atomic mass is 16.2. The van der Waals surface area contributed by atoms with E-state index in [-0.39, 0.29) is 0 Å². The Kier molecular flexibility index (Phi) is 4.77. The molecule has 0 aromatic heterocycles. The third-order valence-electron chi connectivity index (χ3n) is 1.12. The van der Waals surface area contributed by atoms with Gasteiger partial charge >= 0.3 is 0 Å². The van der Waals surface area contributed by atoms with Crippen LogP contribution in [0.2, 0.25) is 0 Å². The summed E-state index contributed by atoms with van der Waals surface area (Å²) in [6.07, 6.45) is 0.745. The fourth-order valence-corrected chi connectivity index (χ4v) is 0.618.